The molecule has 0 aliphatic carbocycles. The first-order chi connectivity index (χ1) is 9.89. The fourth-order valence-electron chi connectivity index (χ4n) is 1.41. The van der Waals surface area contributed by atoms with Crippen molar-refractivity contribution < 1.29 is 23.4 Å². The summed E-state index contributed by atoms with van der Waals surface area (Å²) in [5.41, 5.74) is 0.337. The molecule has 0 aliphatic heterocycles. The van der Waals surface area contributed by atoms with E-state index in [1.807, 2.05) is 0 Å². The van der Waals surface area contributed by atoms with Crippen molar-refractivity contribution in [2.24, 2.45) is 0 Å². The van der Waals surface area contributed by atoms with E-state index in [2.05, 4.69) is 10.1 Å². The lowest BCUT2D eigenvalue weighted by Gasteiger charge is -2.11. The third kappa shape index (κ3) is 5.53. The van der Waals surface area contributed by atoms with E-state index in [4.69, 9.17) is 4.52 Å². The van der Waals surface area contributed by atoms with E-state index in [-0.39, 0.29) is 11.9 Å². The highest BCUT2D eigenvalue weighted by Crippen LogP contribution is 2.41. The second-order valence-corrected chi connectivity index (χ2v) is 7.07. The number of allylic oxidation sites excluding steroid dienone is 1. The van der Waals surface area contributed by atoms with Gasteiger partial charge in [-0.25, -0.2) is 4.79 Å². The molecular formula is C14H18NO5P. The highest BCUT2D eigenvalue weighted by Gasteiger charge is 2.18. The summed E-state index contributed by atoms with van der Waals surface area (Å²) in [6.07, 6.45) is 1.36. The zero-order chi connectivity index (χ0) is 15.9. The first kappa shape index (κ1) is 17.1. The molecule has 0 aliphatic rings. The summed E-state index contributed by atoms with van der Waals surface area (Å²) in [4.78, 5) is 23.7. The van der Waals surface area contributed by atoms with Crippen molar-refractivity contribution in [1.29, 1.82) is 0 Å². The largest absolute Gasteiger partial charge is 0.464 e. The number of benzene rings is 1. The molecule has 6 nitrogen and oxygen atoms in total. The fraction of sp³-hybridized carbons (Fsp3) is 0.286. The minimum atomic E-state index is -2.83. The van der Waals surface area contributed by atoms with Gasteiger partial charge in [-0.1, -0.05) is 18.2 Å². The minimum absolute atomic E-state index is 0.0169. The fourth-order valence-corrected chi connectivity index (χ4v) is 2.07. The predicted octanol–water partition coefficient (Wildman–Crippen LogP) is 2.03. The van der Waals surface area contributed by atoms with Crippen molar-refractivity contribution in [3.8, 4) is 0 Å². The zero-order valence-electron chi connectivity index (χ0n) is 12.2. The molecule has 0 spiro atoms. The molecule has 0 aromatic heterocycles. The Labute approximate surface area is 123 Å². The van der Waals surface area contributed by atoms with Crippen LogP contribution in [0.4, 0.5) is 0 Å². The van der Waals surface area contributed by atoms with Gasteiger partial charge < -0.3 is 14.6 Å². The maximum atomic E-state index is 12.0. The molecule has 1 N–H and O–H groups in total. The summed E-state index contributed by atoms with van der Waals surface area (Å²) in [5.74, 6) is -1.16. The summed E-state index contributed by atoms with van der Waals surface area (Å²) >= 11 is 0. The van der Waals surface area contributed by atoms with E-state index in [1.54, 1.807) is 30.3 Å². The third-order valence-electron chi connectivity index (χ3n) is 2.70. The van der Waals surface area contributed by atoms with Crippen LogP contribution in [0.25, 0.3) is 0 Å². The molecule has 1 aromatic rings. The molecule has 21 heavy (non-hydrogen) atoms. The average molecular weight is 311 g/mol. The van der Waals surface area contributed by atoms with Gasteiger partial charge in [0.2, 0.25) is 7.37 Å². The smallest absolute Gasteiger partial charge is 0.354 e. The van der Waals surface area contributed by atoms with Gasteiger partial charge >= 0.3 is 5.97 Å². The standard InChI is InChI=1S/C14H18NO5P/c1-19-14(17)12(9-10-21(3,18)20-2)15-13(16)11-7-5-4-6-8-11/h4-9H,10H2,1-3H3,(H,15,16). The molecule has 0 fully saturated rings. The molecule has 0 heterocycles. The van der Waals surface area contributed by atoms with Crippen LogP contribution in [0.15, 0.2) is 42.1 Å². The lowest BCUT2D eigenvalue weighted by atomic mass is 10.2. The molecule has 0 saturated carbocycles. The minimum Gasteiger partial charge on any atom is -0.464 e. The Kier molecular flexibility index (Phi) is 6.34. The molecule has 1 atom stereocenters. The summed E-state index contributed by atoms with van der Waals surface area (Å²) in [5, 5.41) is 2.45. The SMILES string of the molecule is COC(=O)C(=CCP(C)(=O)OC)NC(=O)c1ccccc1. The molecule has 1 unspecified atom stereocenters. The van der Waals surface area contributed by atoms with Crippen molar-refractivity contribution >= 4 is 19.2 Å². The van der Waals surface area contributed by atoms with Crippen LogP contribution >= 0.6 is 7.37 Å². The quantitative estimate of drug-likeness (QED) is 0.494. The number of esters is 1. The number of nitrogens with one attached hydrogen (secondary N) is 1. The Bertz CT molecular complexity index is 582. The number of methoxy groups -OCH3 is 1. The van der Waals surface area contributed by atoms with Gasteiger partial charge in [0, 0.05) is 25.5 Å². The number of amides is 1. The van der Waals surface area contributed by atoms with Crippen LogP contribution in [-0.2, 0) is 18.6 Å². The van der Waals surface area contributed by atoms with Crippen LogP contribution in [-0.4, -0.2) is 38.9 Å². The van der Waals surface area contributed by atoms with Gasteiger partial charge in [-0.15, -0.1) is 0 Å². The van der Waals surface area contributed by atoms with Crippen LogP contribution in [0, 0.1) is 0 Å². The van der Waals surface area contributed by atoms with Crippen LogP contribution in [0.1, 0.15) is 10.4 Å². The highest BCUT2D eigenvalue weighted by molar-refractivity contribution is 7.58. The molecule has 114 valence electrons. The third-order valence-corrected chi connectivity index (χ3v) is 4.32. The van der Waals surface area contributed by atoms with Gasteiger partial charge in [0.05, 0.1) is 7.11 Å². The van der Waals surface area contributed by atoms with Crippen LogP contribution in [0.3, 0.4) is 0 Å². The van der Waals surface area contributed by atoms with E-state index in [0.717, 1.165) is 0 Å². The first-order valence-electron chi connectivity index (χ1n) is 6.17. The molecule has 1 aromatic carbocycles. The lowest BCUT2D eigenvalue weighted by Crippen LogP contribution is -2.28. The van der Waals surface area contributed by atoms with Crippen molar-refractivity contribution in [3.05, 3.63) is 47.7 Å². The summed E-state index contributed by atoms with van der Waals surface area (Å²) in [7, 11) is -0.299. The Hall–Kier alpha value is -1.91. The number of carbonyl (C=O) groups excluding carboxylic acids is 2. The Morgan fingerprint density at radius 1 is 1.24 bits per heavy atom. The second kappa shape index (κ2) is 7.76. The number of ether oxygens (including phenoxy) is 1. The van der Waals surface area contributed by atoms with Gasteiger partial charge in [0.1, 0.15) is 5.70 Å². The monoisotopic (exact) mass is 311 g/mol. The van der Waals surface area contributed by atoms with E-state index >= 15 is 0 Å². The molecule has 1 amide bonds. The van der Waals surface area contributed by atoms with Crippen molar-refractivity contribution in [2.75, 3.05) is 27.0 Å². The lowest BCUT2D eigenvalue weighted by molar-refractivity contribution is -0.136. The van der Waals surface area contributed by atoms with E-state index in [1.165, 1.54) is 27.0 Å². The molecule has 1 rings (SSSR count). The van der Waals surface area contributed by atoms with Crippen LogP contribution in [0.5, 0.6) is 0 Å². The topological polar surface area (TPSA) is 81.7 Å². The number of hydrogen-bond donors (Lipinski definition) is 1. The maximum absolute atomic E-state index is 12.0. The molecular weight excluding hydrogens is 293 g/mol. The number of hydrogen-bond acceptors (Lipinski definition) is 5. The van der Waals surface area contributed by atoms with Crippen LogP contribution in [0.2, 0.25) is 0 Å². The van der Waals surface area contributed by atoms with Crippen molar-refractivity contribution in [1.82, 2.24) is 5.32 Å². The number of rotatable bonds is 6. The Morgan fingerprint density at radius 2 is 1.86 bits per heavy atom. The molecule has 0 radical (unpaired) electrons. The normalized spacial score (nSPS) is 14.1. The highest BCUT2D eigenvalue weighted by atomic mass is 31.2. The van der Waals surface area contributed by atoms with Gasteiger partial charge in [-0.3, -0.25) is 9.36 Å². The molecule has 0 saturated heterocycles. The number of carbonyl (C=O) groups is 2. The summed E-state index contributed by atoms with van der Waals surface area (Å²) < 4.78 is 21.3. The van der Waals surface area contributed by atoms with Crippen molar-refractivity contribution in [2.45, 2.75) is 0 Å². The van der Waals surface area contributed by atoms with Gasteiger partial charge in [0.25, 0.3) is 5.91 Å². The van der Waals surface area contributed by atoms with E-state index in [9.17, 15) is 14.2 Å². The molecule has 0 bridgehead atoms. The van der Waals surface area contributed by atoms with Crippen LogP contribution < -0.4 is 5.32 Å². The zero-order valence-corrected chi connectivity index (χ0v) is 13.1. The maximum Gasteiger partial charge on any atom is 0.354 e. The Morgan fingerprint density at radius 3 is 2.38 bits per heavy atom. The van der Waals surface area contributed by atoms with Gasteiger partial charge in [-0.2, -0.15) is 0 Å². The first-order valence-corrected chi connectivity index (χ1v) is 8.42. The summed E-state index contributed by atoms with van der Waals surface area (Å²) in [6.45, 7) is 1.44. The second-order valence-electron chi connectivity index (χ2n) is 4.31. The predicted molar refractivity (Wildman–Crippen MR) is 79.4 cm³/mol. The summed E-state index contributed by atoms with van der Waals surface area (Å²) in [6, 6.07) is 8.43. The van der Waals surface area contributed by atoms with Gasteiger partial charge in [0.15, 0.2) is 0 Å². The van der Waals surface area contributed by atoms with Gasteiger partial charge in [-0.05, 0) is 18.2 Å². The van der Waals surface area contributed by atoms with E-state index in [0.29, 0.717) is 5.56 Å². The Balaban J connectivity index is 2.89. The van der Waals surface area contributed by atoms with Crippen molar-refractivity contribution in [3.63, 3.8) is 0 Å². The average Bonchev–Trinajstić information content (AvgIpc) is 2.51. The molecule has 7 heteroatoms. The van der Waals surface area contributed by atoms with E-state index < -0.39 is 19.2 Å².